The van der Waals surface area contributed by atoms with Gasteiger partial charge >= 0.3 is 6.03 Å². The average molecular weight is 498 g/mol. The summed E-state index contributed by atoms with van der Waals surface area (Å²) >= 11 is 0. The fourth-order valence-corrected chi connectivity index (χ4v) is 3.67. The third kappa shape index (κ3) is 4.87. The molecule has 3 aromatic rings. The molecule has 6 N–H and O–H groups in total. The summed E-state index contributed by atoms with van der Waals surface area (Å²) in [6, 6.07) is 4.88. The van der Waals surface area contributed by atoms with Crippen LogP contribution in [0.4, 0.5) is 19.3 Å². The number of pyridine rings is 1. The summed E-state index contributed by atoms with van der Waals surface area (Å²) in [5, 5.41) is 5.46. The van der Waals surface area contributed by atoms with Crippen molar-refractivity contribution in [3.8, 4) is 17.2 Å². The minimum absolute atomic E-state index is 0.00000889. The second kappa shape index (κ2) is 8.90. The van der Waals surface area contributed by atoms with Crippen molar-refractivity contribution in [1.82, 2.24) is 10.3 Å². The molecule has 3 amide bonds. The fourth-order valence-electron chi connectivity index (χ4n) is 3.67. The summed E-state index contributed by atoms with van der Waals surface area (Å²) in [6.45, 7) is 1.61. The first kappa shape index (κ1) is 23.7. The van der Waals surface area contributed by atoms with Crippen LogP contribution in [0.3, 0.4) is 0 Å². The van der Waals surface area contributed by atoms with E-state index in [4.69, 9.17) is 20.9 Å². The minimum atomic E-state index is -1.02. The Kier molecular flexibility index (Phi) is 5.87. The van der Waals surface area contributed by atoms with E-state index in [2.05, 4.69) is 15.6 Å². The minimum Gasteiger partial charge on any atom is -0.491 e. The smallest absolute Gasteiger partial charge is 0.319 e. The van der Waals surface area contributed by atoms with Crippen LogP contribution in [-0.2, 0) is 0 Å². The molecule has 11 heteroatoms. The molecule has 2 fully saturated rings. The molecule has 2 aromatic carbocycles. The lowest BCUT2D eigenvalue weighted by molar-refractivity contribution is 0.0996. The van der Waals surface area contributed by atoms with Crippen molar-refractivity contribution < 1.29 is 27.8 Å². The van der Waals surface area contributed by atoms with Crippen molar-refractivity contribution in [2.24, 2.45) is 11.5 Å². The average Bonchev–Trinajstić information content (AvgIpc) is 3.77. The number of nitrogens with zero attached hydrogens (tertiary/aromatic N) is 1. The quantitative estimate of drug-likeness (QED) is 0.372. The van der Waals surface area contributed by atoms with E-state index in [1.807, 2.05) is 0 Å². The topological polar surface area (TPSA) is 142 Å². The van der Waals surface area contributed by atoms with Gasteiger partial charge in [0.05, 0.1) is 22.3 Å². The molecular weight excluding hydrogens is 472 g/mol. The normalized spacial score (nSPS) is 15.9. The Morgan fingerprint density at radius 1 is 1.19 bits per heavy atom. The molecule has 1 aromatic heterocycles. The molecule has 2 aliphatic carbocycles. The van der Waals surface area contributed by atoms with Crippen LogP contribution in [0.2, 0.25) is 0 Å². The Morgan fingerprint density at radius 3 is 2.61 bits per heavy atom. The molecule has 5 rings (SSSR count). The highest BCUT2D eigenvalue weighted by Crippen LogP contribution is 2.38. The second-order valence-electron chi connectivity index (χ2n) is 9.34. The van der Waals surface area contributed by atoms with E-state index in [1.54, 1.807) is 0 Å². The van der Waals surface area contributed by atoms with E-state index >= 15 is 4.39 Å². The standard InChI is InChI=1S/C25H25F2N5O4/c1-12-17(32-24(34)31-13-2-3-13)9-16(26)22(21(12)27)36-19-4-7-30-18-10-20(35-11-25(29)5-6-25)15(23(28)33)8-14(18)19/h4,7-10,13H,2-3,5-6,11,29H2,1H3,(H2,28,33)(H2,31,32,34). The van der Waals surface area contributed by atoms with Crippen molar-refractivity contribution in [3.05, 3.63) is 53.2 Å². The largest absolute Gasteiger partial charge is 0.491 e. The van der Waals surface area contributed by atoms with Crippen LogP contribution in [0.25, 0.3) is 10.9 Å². The van der Waals surface area contributed by atoms with Gasteiger partial charge in [0.2, 0.25) is 0 Å². The molecule has 0 atom stereocenters. The van der Waals surface area contributed by atoms with Crippen LogP contribution in [0.15, 0.2) is 30.5 Å². The summed E-state index contributed by atoms with van der Waals surface area (Å²) in [5.41, 5.74) is 11.6. The first-order valence-corrected chi connectivity index (χ1v) is 11.5. The first-order chi connectivity index (χ1) is 17.1. The van der Waals surface area contributed by atoms with Crippen molar-refractivity contribution in [1.29, 1.82) is 0 Å². The molecule has 9 nitrogen and oxygen atoms in total. The van der Waals surface area contributed by atoms with E-state index in [1.165, 1.54) is 31.3 Å². The van der Waals surface area contributed by atoms with Gasteiger partial charge in [0.15, 0.2) is 17.4 Å². The van der Waals surface area contributed by atoms with Gasteiger partial charge in [-0.15, -0.1) is 0 Å². The molecule has 0 bridgehead atoms. The number of aromatic nitrogens is 1. The van der Waals surface area contributed by atoms with Gasteiger partial charge in [0.25, 0.3) is 5.91 Å². The highest BCUT2D eigenvalue weighted by molar-refractivity contribution is 6.01. The van der Waals surface area contributed by atoms with Gasteiger partial charge in [-0.25, -0.2) is 13.6 Å². The Balaban J connectivity index is 1.46. The predicted octanol–water partition coefficient (Wildman–Crippen LogP) is 3.87. The van der Waals surface area contributed by atoms with Crippen LogP contribution >= 0.6 is 0 Å². The lowest BCUT2D eigenvalue weighted by atomic mass is 10.1. The zero-order chi connectivity index (χ0) is 25.6. The van der Waals surface area contributed by atoms with Gasteiger partial charge in [0, 0.05) is 35.3 Å². The highest BCUT2D eigenvalue weighted by atomic mass is 19.1. The number of halogens is 2. The maximum absolute atomic E-state index is 15.2. The van der Waals surface area contributed by atoms with Crippen molar-refractivity contribution in [3.63, 3.8) is 0 Å². The maximum Gasteiger partial charge on any atom is 0.319 e. The fraction of sp³-hybridized carbons (Fsp3) is 0.320. The van der Waals surface area contributed by atoms with Crippen molar-refractivity contribution in [2.75, 3.05) is 11.9 Å². The van der Waals surface area contributed by atoms with E-state index in [0.717, 1.165) is 31.7 Å². The van der Waals surface area contributed by atoms with Crippen LogP contribution in [-0.4, -0.2) is 35.1 Å². The Labute approximate surface area is 205 Å². The number of carbonyl (C=O) groups is 2. The molecule has 188 valence electrons. The predicted molar refractivity (Wildman–Crippen MR) is 128 cm³/mol. The van der Waals surface area contributed by atoms with Gasteiger partial charge in [-0.05, 0) is 44.7 Å². The molecule has 2 aliphatic rings. The number of nitrogens with one attached hydrogen (secondary N) is 2. The van der Waals surface area contributed by atoms with Gasteiger partial charge in [-0.1, -0.05) is 0 Å². The number of nitrogens with two attached hydrogens (primary N) is 2. The summed E-state index contributed by atoms with van der Waals surface area (Å²) in [5.74, 6) is -3.14. The summed E-state index contributed by atoms with van der Waals surface area (Å²) in [7, 11) is 0. The summed E-state index contributed by atoms with van der Waals surface area (Å²) in [6.07, 6.45) is 4.79. The number of hydrogen-bond donors (Lipinski definition) is 4. The third-order valence-corrected chi connectivity index (χ3v) is 6.27. The zero-order valence-electron chi connectivity index (χ0n) is 19.5. The molecule has 1 heterocycles. The number of rotatable bonds is 8. The van der Waals surface area contributed by atoms with Crippen LogP contribution in [0.1, 0.15) is 41.6 Å². The molecule has 2 saturated carbocycles. The second-order valence-corrected chi connectivity index (χ2v) is 9.34. The van der Waals surface area contributed by atoms with Crippen LogP contribution < -0.4 is 31.6 Å². The van der Waals surface area contributed by atoms with Crippen molar-refractivity contribution >= 4 is 28.5 Å². The number of carbonyl (C=O) groups excluding carboxylic acids is 2. The highest BCUT2D eigenvalue weighted by Gasteiger charge is 2.39. The van der Waals surface area contributed by atoms with E-state index in [-0.39, 0.29) is 41.0 Å². The number of urea groups is 1. The van der Waals surface area contributed by atoms with Gasteiger partial charge in [-0.3, -0.25) is 9.78 Å². The Morgan fingerprint density at radius 2 is 1.94 bits per heavy atom. The maximum atomic E-state index is 15.2. The molecule has 0 spiro atoms. The lowest BCUT2D eigenvalue weighted by Gasteiger charge is -2.17. The number of ether oxygens (including phenoxy) is 2. The number of hydrogen-bond acceptors (Lipinski definition) is 6. The van der Waals surface area contributed by atoms with E-state index < -0.39 is 34.9 Å². The molecule has 0 saturated heterocycles. The number of amides is 3. The van der Waals surface area contributed by atoms with Gasteiger partial charge in [-0.2, -0.15) is 0 Å². The number of benzene rings is 2. The first-order valence-electron chi connectivity index (χ1n) is 11.5. The van der Waals surface area contributed by atoms with Crippen molar-refractivity contribution in [2.45, 2.75) is 44.2 Å². The molecule has 36 heavy (non-hydrogen) atoms. The van der Waals surface area contributed by atoms with E-state index in [9.17, 15) is 14.0 Å². The Bertz CT molecular complexity index is 1390. The number of anilines is 1. The molecule has 0 radical (unpaired) electrons. The molecule has 0 unspecified atom stereocenters. The lowest BCUT2D eigenvalue weighted by Crippen LogP contribution is -2.30. The van der Waals surface area contributed by atoms with Crippen LogP contribution in [0.5, 0.6) is 17.2 Å². The monoisotopic (exact) mass is 497 g/mol. The Hall–Kier alpha value is -3.99. The SMILES string of the molecule is Cc1c(NC(=O)NC2CC2)cc(F)c(Oc2ccnc3cc(OCC4(N)CC4)c(C(N)=O)cc23)c1F. The van der Waals surface area contributed by atoms with Gasteiger partial charge < -0.3 is 31.6 Å². The molecule has 0 aliphatic heterocycles. The van der Waals surface area contributed by atoms with Crippen LogP contribution in [0, 0.1) is 18.6 Å². The third-order valence-electron chi connectivity index (χ3n) is 6.27. The summed E-state index contributed by atoms with van der Waals surface area (Å²) < 4.78 is 41.5. The number of primary amides is 1. The van der Waals surface area contributed by atoms with Gasteiger partial charge in [0.1, 0.15) is 18.1 Å². The van der Waals surface area contributed by atoms with E-state index in [0.29, 0.717) is 10.9 Å². The number of fused-ring (bicyclic) bond motifs is 1. The zero-order valence-corrected chi connectivity index (χ0v) is 19.5. The molecular formula is C25H25F2N5O4. The summed E-state index contributed by atoms with van der Waals surface area (Å²) in [4.78, 5) is 28.4.